The van der Waals surface area contributed by atoms with Crippen LogP contribution in [-0.2, 0) is 33.0 Å². The molecule has 3 rings (SSSR count). The largest absolute Gasteiger partial charge is 0.417 e. The van der Waals surface area contributed by atoms with Gasteiger partial charge in [0.2, 0.25) is 15.9 Å². The molecule has 0 saturated heterocycles. The average Bonchev–Trinajstić information content (AvgIpc) is 3.12. The number of aromatic nitrogens is 2. The van der Waals surface area contributed by atoms with Crippen molar-refractivity contribution in [3.8, 4) is 0 Å². The van der Waals surface area contributed by atoms with Gasteiger partial charge in [-0.25, -0.2) is 8.42 Å². The lowest BCUT2D eigenvalue weighted by Gasteiger charge is -2.29. The summed E-state index contributed by atoms with van der Waals surface area (Å²) in [6.07, 6.45) is -0.846. The Bertz CT molecular complexity index is 1100. The molecule has 1 aliphatic carbocycles. The van der Waals surface area contributed by atoms with Crippen molar-refractivity contribution >= 4 is 15.9 Å². The van der Waals surface area contributed by atoms with Crippen LogP contribution in [0.3, 0.4) is 0 Å². The van der Waals surface area contributed by atoms with E-state index in [0.29, 0.717) is 12.5 Å². The summed E-state index contributed by atoms with van der Waals surface area (Å²) in [6.45, 7) is 7.37. The van der Waals surface area contributed by atoms with Crippen molar-refractivity contribution in [3.05, 3.63) is 47.3 Å². The van der Waals surface area contributed by atoms with Crippen molar-refractivity contribution in [2.45, 2.75) is 75.7 Å². The van der Waals surface area contributed by atoms with Gasteiger partial charge in [-0.05, 0) is 59.1 Å². The molecule has 2 aromatic rings. The van der Waals surface area contributed by atoms with E-state index >= 15 is 0 Å². The van der Waals surface area contributed by atoms with Crippen LogP contribution in [0.4, 0.5) is 13.2 Å². The standard InChI is InChI=1S/C21H27F3N4O3S/c1-13(27-32(30,31)18-11-6-5-8-15(18)21(22,23)24)19(29)26-16-9-7-10-17-14(16)12-25-28(17)20(2,3)4/h5-6,8,11-13,16,27H,7,9-10H2,1-4H3,(H,26,29)/t13-,16?/m1/s1. The van der Waals surface area contributed by atoms with Gasteiger partial charge in [-0.15, -0.1) is 0 Å². The van der Waals surface area contributed by atoms with Crippen molar-refractivity contribution < 1.29 is 26.4 Å². The minimum Gasteiger partial charge on any atom is -0.348 e. The van der Waals surface area contributed by atoms with E-state index in [4.69, 9.17) is 0 Å². The number of amides is 1. The highest BCUT2D eigenvalue weighted by Crippen LogP contribution is 2.34. The molecule has 0 bridgehead atoms. The molecular weight excluding hydrogens is 445 g/mol. The van der Waals surface area contributed by atoms with Crippen LogP contribution in [0.15, 0.2) is 35.4 Å². The van der Waals surface area contributed by atoms with Crippen LogP contribution < -0.4 is 10.0 Å². The molecule has 0 spiro atoms. The second-order valence-electron chi connectivity index (χ2n) is 8.92. The summed E-state index contributed by atoms with van der Waals surface area (Å²) in [5.74, 6) is -0.626. The molecule has 1 aromatic carbocycles. The van der Waals surface area contributed by atoms with Gasteiger partial charge in [0, 0.05) is 11.3 Å². The fourth-order valence-electron chi connectivity index (χ4n) is 3.87. The molecule has 1 aliphatic rings. The van der Waals surface area contributed by atoms with E-state index in [1.807, 2.05) is 25.5 Å². The zero-order valence-electron chi connectivity index (χ0n) is 18.3. The number of hydrogen-bond acceptors (Lipinski definition) is 4. The maximum Gasteiger partial charge on any atom is 0.417 e. The predicted octanol–water partition coefficient (Wildman–Crippen LogP) is 3.52. The lowest BCUT2D eigenvalue weighted by Crippen LogP contribution is -2.46. The Kier molecular flexibility index (Phi) is 6.45. The molecule has 7 nitrogen and oxygen atoms in total. The Morgan fingerprint density at radius 2 is 1.88 bits per heavy atom. The summed E-state index contributed by atoms with van der Waals surface area (Å²) in [6, 6.07) is 2.24. The third-order valence-electron chi connectivity index (χ3n) is 5.34. The minimum atomic E-state index is -4.84. The van der Waals surface area contributed by atoms with Gasteiger partial charge >= 0.3 is 6.18 Å². The van der Waals surface area contributed by atoms with Gasteiger partial charge < -0.3 is 5.32 Å². The second kappa shape index (κ2) is 8.51. The number of carbonyl (C=O) groups excluding carboxylic acids is 1. The highest BCUT2D eigenvalue weighted by atomic mass is 32.2. The number of fused-ring (bicyclic) bond motifs is 1. The summed E-state index contributed by atoms with van der Waals surface area (Å²) < 4.78 is 68.9. The summed E-state index contributed by atoms with van der Waals surface area (Å²) in [5.41, 5.74) is 0.374. The molecule has 0 radical (unpaired) electrons. The van der Waals surface area contributed by atoms with E-state index in [2.05, 4.69) is 15.1 Å². The first kappa shape index (κ1) is 24.2. The number of sulfonamides is 1. The van der Waals surface area contributed by atoms with Gasteiger partial charge in [-0.1, -0.05) is 12.1 Å². The molecule has 32 heavy (non-hydrogen) atoms. The molecule has 1 heterocycles. The molecule has 2 atom stereocenters. The molecule has 0 aliphatic heterocycles. The highest BCUT2D eigenvalue weighted by molar-refractivity contribution is 7.89. The number of nitrogens with one attached hydrogen (secondary N) is 2. The number of halogens is 3. The van der Waals surface area contributed by atoms with E-state index < -0.39 is 38.6 Å². The fraction of sp³-hybridized carbons (Fsp3) is 0.524. The first-order chi connectivity index (χ1) is 14.7. The quantitative estimate of drug-likeness (QED) is 0.697. The summed E-state index contributed by atoms with van der Waals surface area (Å²) in [5, 5.41) is 7.27. The number of carbonyl (C=O) groups is 1. The number of benzene rings is 1. The van der Waals surface area contributed by atoms with Crippen molar-refractivity contribution in [1.82, 2.24) is 19.8 Å². The van der Waals surface area contributed by atoms with Crippen LogP contribution in [0.25, 0.3) is 0 Å². The SMILES string of the molecule is C[C@@H](NS(=O)(=O)c1ccccc1C(F)(F)F)C(=O)NC1CCCc2c1cnn2C(C)(C)C. The van der Waals surface area contributed by atoms with Crippen LogP contribution in [0.1, 0.15) is 63.4 Å². The van der Waals surface area contributed by atoms with Crippen LogP contribution in [0.2, 0.25) is 0 Å². The Morgan fingerprint density at radius 3 is 2.50 bits per heavy atom. The molecular formula is C21H27F3N4O3S. The van der Waals surface area contributed by atoms with Gasteiger partial charge in [-0.2, -0.15) is 23.0 Å². The molecule has 11 heteroatoms. The van der Waals surface area contributed by atoms with Crippen LogP contribution in [0.5, 0.6) is 0 Å². The van der Waals surface area contributed by atoms with Gasteiger partial charge in [0.25, 0.3) is 0 Å². The third-order valence-corrected chi connectivity index (χ3v) is 6.94. The van der Waals surface area contributed by atoms with Crippen LogP contribution >= 0.6 is 0 Å². The summed E-state index contributed by atoms with van der Waals surface area (Å²) in [4.78, 5) is 11.8. The minimum absolute atomic E-state index is 0.228. The molecule has 1 aromatic heterocycles. The van der Waals surface area contributed by atoms with Gasteiger partial charge in [0.05, 0.1) is 34.3 Å². The maximum atomic E-state index is 13.2. The Morgan fingerprint density at radius 1 is 1.22 bits per heavy atom. The van der Waals surface area contributed by atoms with Gasteiger partial charge in [0.15, 0.2) is 0 Å². The molecule has 0 fully saturated rings. The molecule has 2 N–H and O–H groups in total. The van der Waals surface area contributed by atoms with Crippen LogP contribution in [0, 0.1) is 0 Å². The molecule has 0 saturated carbocycles. The van der Waals surface area contributed by atoms with Crippen molar-refractivity contribution in [2.75, 3.05) is 0 Å². The van der Waals surface area contributed by atoms with Crippen molar-refractivity contribution in [3.63, 3.8) is 0 Å². The summed E-state index contributed by atoms with van der Waals surface area (Å²) >= 11 is 0. The van der Waals surface area contributed by atoms with E-state index in [1.54, 1.807) is 6.20 Å². The number of alkyl halides is 3. The zero-order valence-corrected chi connectivity index (χ0v) is 19.1. The van der Waals surface area contributed by atoms with Crippen molar-refractivity contribution in [1.29, 1.82) is 0 Å². The first-order valence-corrected chi connectivity index (χ1v) is 11.8. The molecule has 1 unspecified atom stereocenters. The highest BCUT2D eigenvalue weighted by Gasteiger charge is 2.38. The van der Waals surface area contributed by atoms with E-state index in [-0.39, 0.29) is 11.6 Å². The normalized spacial score (nSPS) is 18.2. The molecule has 1 amide bonds. The van der Waals surface area contributed by atoms with Crippen molar-refractivity contribution in [2.24, 2.45) is 0 Å². The number of nitrogens with zero attached hydrogens (tertiary/aromatic N) is 2. The summed E-state index contributed by atoms with van der Waals surface area (Å²) in [7, 11) is -4.58. The lowest BCUT2D eigenvalue weighted by atomic mass is 9.92. The Labute approximate surface area is 185 Å². The number of hydrogen-bond donors (Lipinski definition) is 2. The monoisotopic (exact) mass is 472 g/mol. The fourth-order valence-corrected chi connectivity index (χ4v) is 5.30. The van der Waals surface area contributed by atoms with Gasteiger partial charge in [-0.3, -0.25) is 9.48 Å². The predicted molar refractivity (Wildman–Crippen MR) is 112 cm³/mol. The third kappa shape index (κ3) is 4.98. The average molecular weight is 473 g/mol. The van der Waals surface area contributed by atoms with Crippen LogP contribution in [-0.4, -0.2) is 30.1 Å². The Balaban J connectivity index is 1.77. The molecule has 176 valence electrons. The smallest absolute Gasteiger partial charge is 0.348 e. The number of rotatable bonds is 5. The second-order valence-corrected chi connectivity index (χ2v) is 10.6. The maximum absolute atomic E-state index is 13.2. The van der Waals surface area contributed by atoms with E-state index in [0.717, 1.165) is 36.2 Å². The van der Waals surface area contributed by atoms with E-state index in [9.17, 15) is 26.4 Å². The zero-order chi connectivity index (χ0) is 23.9. The lowest BCUT2D eigenvalue weighted by molar-refractivity contribution is -0.139. The topological polar surface area (TPSA) is 93.1 Å². The van der Waals surface area contributed by atoms with Gasteiger partial charge in [0.1, 0.15) is 0 Å². The van der Waals surface area contributed by atoms with E-state index in [1.165, 1.54) is 13.0 Å². The first-order valence-electron chi connectivity index (χ1n) is 10.3. The Hall–Kier alpha value is -2.40.